The fourth-order valence-electron chi connectivity index (χ4n) is 1.29. The maximum Gasteiger partial charge on any atom is 0.0719 e. The first-order chi connectivity index (χ1) is 6.88. The van der Waals surface area contributed by atoms with Crippen LogP contribution in [-0.4, -0.2) is 11.9 Å². The molecule has 1 aromatic rings. The molecule has 0 atom stereocenters. The van der Waals surface area contributed by atoms with Gasteiger partial charge in [-0.1, -0.05) is 12.1 Å². The van der Waals surface area contributed by atoms with Crippen molar-refractivity contribution < 1.29 is 4.84 Å². The quantitative estimate of drug-likeness (QED) is 0.756. The molecule has 0 saturated heterocycles. The normalized spacial score (nSPS) is 15.8. The summed E-state index contributed by atoms with van der Waals surface area (Å²) in [7, 11) is 0. The van der Waals surface area contributed by atoms with Crippen LogP contribution < -0.4 is 5.90 Å². The molecule has 1 aliphatic carbocycles. The van der Waals surface area contributed by atoms with Crippen LogP contribution >= 0.6 is 11.8 Å². The topological polar surface area (TPSA) is 35.2 Å². The molecule has 0 aliphatic heterocycles. The third-order valence-electron chi connectivity index (χ3n) is 2.26. The van der Waals surface area contributed by atoms with E-state index in [0.717, 1.165) is 11.7 Å². The SMILES string of the molecule is NOCCc1ccc(SC2CC2)cc1. The van der Waals surface area contributed by atoms with Gasteiger partial charge in [-0.3, -0.25) is 0 Å². The van der Waals surface area contributed by atoms with Crippen molar-refractivity contribution in [1.29, 1.82) is 0 Å². The summed E-state index contributed by atoms with van der Waals surface area (Å²) >= 11 is 1.99. The van der Waals surface area contributed by atoms with Gasteiger partial charge in [-0.05, 0) is 37.0 Å². The fraction of sp³-hybridized carbons (Fsp3) is 0.455. The maximum absolute atomic E-state index is 4.98. The molecular weight excluding hydrogens is 194 g/mol. The summed E-state index contributed by atoms with van der Waals surface area (Å²) < 4.78 is 0. The van der Waals surface area contributed by atoms with Crippen molar-refractivity contribution in [2.45, 2.75) is 29.4 Å². The fourth-order valence-corrected chi connectivity index (χ4v) is 2.34. The van der Waals surface area contributed by atoms with E-state index < -0.39 is 0 Å². The van der Waals surface area contributed by atoms with E-state index in [1.165, 1.54) is 23.3 Å². The summed E-state index contributed by atoms with van der Waals surface area (Å²) in [6.07, 6.45) is 3.66. The first-order valence-electron chi connectivity index (χ1n) is 4.96. The Hall–Kier alpha value is -0.510. The summed E-state index contributed by atoms with van der Waals surface area (Å²) in [5, 5.41) is 0.883. The lowest BCUT2D eigenvalue weighted by atomic mass is 10.2. The lowest BCUT2D eigenvalue weighted by Gasteiger charge is -2.02. The predicted octanol–water partition coefficient (Wildman–Crippen LogP) is 2.37. The van der Waals surface area contributed by atoms with E-state index in [1.54, 1.807) is 0 Å². The Labute approximate surface area is 88.8 Å². The van der Waals surface area contributed by atoms with Crippen LogP contribution in [0.2, 0.25) is 0 Å². The molecule has 1 aliphatic rings. The highest BCUT2D eigenvalue weighted by atomic mass is 32.2. The second kappa shape index (κ2) is 4.82. The minimum Gasteiger partial charge on any atom is -0.304 e. The number of thioether (sulfide) groups is 1. The second-order valence-electron chi connectivity index (χ2n) is 3.58. The molecular formula is C11H15NOS. The van der Waals surface area contributed by atoms with Crippen LogP contribution in [0.5, 0.6) is 0 Å². The van der Waals surface area contributed by atoms with Crippen LogP contribution in [0.3, 0.4) is 0 Å². The minimum absolute atomic E-state index is 0.592. The smallest absolute Gasteiger partial charge is 0.0719 e. The molecule has 2 N–H and O–H groups in total. The molecule has 0 heterocycles. The van der Waals surface area contributed by atoms with Gasteiger partial charge in [0.1, 0.15) is 0 Å². The summed E-state index contributed by atoms with van der Waals surface area (Å²) in [4.78, 5) is 5.92. The lowest BCUT2D eigenvalue weighted by Crippen LogP contribution is -2.03. The van der Waals surface area contributed by atoms with E-state index in [2.05, 4.69) is 29.1 Å². The summed E-state index contributed by atoms with van der Waals surface area (Å²) in [5.74, 6) is 4.98. The Kier molecular flexibility index (Phi) is 3.45. The Bertz CT molecular complexity index is 282. The molecule has 0 spiro atoms. The molecule has 2 nitrogen and oxygen atoms in total. The Morgan fingerprint density at radius 2 is 2.00 bits per heavy atom. The molecule has 1 aromatic carbocycles. The third-order valence-corrected chi connectivity index (χ3v) is 3.61. The van der Waals surface area contributed by atoms with Crippen LogP contribution in [0.4, 0.5) is 0 Å². The van der Waals surface area contributed by atoms with Gasteiger partial charge in [-0.15, -0.1) is 11.8 Å². The van der Waals surface area contributed by atoms with Gasteiger partial charge in [0.05, 0.1) is 6.61 Å². The number of hydrogen-bond acceptors (Lipinski definition) is 3. The molecule has 0 aromatic heterocycles. The third kappa shape index (κ3) is 3.01. The van der Waals surface area contributed by atoms with Gasteiger partial charge in [-0.25, -0.2) is 5.90 Å². The van der Waals surface area contributed by atoms with Crippen molar-refractivity contribution in [3.63, 3.8) is 0 Å². The molecule has 76 valence electrons. The summed E-state index contributed by atoms with van der Waals surface area (Å²) in [5.41, 5.74) is 1.29. The molecule has 1 saturated carbocycles. The Balaban J connectivity index is 1.88. The average molecular weight is 209 g/mol. The van der Waals surface area contributed by atoms with Crippen molar-refractivity contribution in [2.75, 3.05) is 6.61 Å². The van der Waals surface area contributed by atoms with Crippen molar-refractivity contribution >= 4 is 11.8 Å². The highest BCUT2D eigenvalue weighted by molar-refractivity contribution is 8.00. The number of hydrogen-bond donors (Lipinski definition) is 1. The monoisotopic (exact) mass is 209 g/mol. The zero-order valence-electron chi connectivity index (χ0n) is 8.11. The molecule has 0 radical (unpaired) electrons. The van der Waals surface area contributed by atoms with E-state index in [9.17, 15) is 0 Å². The zero-order valence-corrected chi connectivity index (χ0v) is 8.93. The van der Waals surface area contributed by atoms with Crippen molar-refractivity contribution in [1.82, 2.24) is 0 Å². The van der Waals surface area contributed by atoms with Crippen LogP contribution in [-0.2, 0) is 11.3 Å². The maximum atomic E-state index is 4.98. The van der Waals surface area contributed by atoms with Crippen LogP contribution in [0.1, 0.15) is 18.4 Å². The average Bonchev–Trinajstić information content (AvgIpc) is 3.01. The second-order valence-corrected chi connectivity index (χ2v) is 4.96. The van der Waals surface area contributed by atoms with Crippen LogP contribution in [0.15, 0.2) is 29.2 Å². The number of rotatable bonds is 5. The number of benzene rings is 1. The van der Waals surface area contributed by atoms with Gasteiger partial charge in [-0.2, -0.15) is 0 Å². The summed E-state index contributed by atoms with van der Waals surface area (Å²) in [6, 6.07) is 8.69. The van der Waals surface area contributed by atoms with Crippen LogP contribution in [0.25, 0.3) is 0 Å². The van der Waals surface area contributed by atoms with Gasteiger partial charge >= 0.3 is 0 Å². The highest BCUT2D eigenvalue weighted by Crippen LogP contribution is 2.38. The predicted molar refractivity (Wildman–Crippen MR) is 59.2 cm³/mol. The van der Waals surface area contributed by atoms with Gasteiger partial charge in [0, 0.05) is 10.1 Å². The number of nitrogens with two attached hydrogens (primary N) is 1. The first-order valence-corrected chi connectivity index (χ1v) is 5.84. The van der Waals surface area contributed by atoms with Crippen molar-refractivity contribution in [3.8, 4) is 0 Å². The minimum atomic E-state index is 0.592. The van der Waals surface area contributed by atoms with E-state index in [0.29, 0.717) is 6.61 Å². The van der Waals surface area contributed by atoms with E-state index >= 15 is 0 Å². The van der Waals surface area contributed by atoms with E-state index in [-0.39, 0.29) is 0 Å². The molecule has 2 rings (SSSR count). The van der Waals surface area contributed by atoms with E-state index in [4.69, 9.17) is 5.90 Å². The molecule has 0 amide bonds. The van der Waals surface area contributed by atoms with Crippen molar-refractivity contribution in [3.05, 3.63) is 29.8 Å². The van der Waals surface area contributed by atoms with Gasteiger partial charge < -0.3 is 4.84 Å². The molecule has 1 fully saturated rings. The Morgan fingerprint density at radius 1 is 1.29 bits per heavy atom. The van der Waals surface area contributed by atoms with E-state index in [1.807, 2.05) is 11.8 Å². The Morgan fingerprint density at radius 3 is 2.57 bits per heavy atom. The van der Waals surface area contributed by atoms with Crippen LogP contribution in [0, 0.1) is 0 Å². The molecule has 0 unspecified atom stereocenters. The van der Waals surface area contributed by atoms with Gasteiger partial charge in [0.2, 0.25) is 0 Å². The molecule has 14 heavy (non-hydrogen) atoms. The molecule has 0 bridgehead atoms. The first kappa shape index (κ1) is 10.0. The largest absolute Gasteiger partial charge is 0.304 e. The molecule has 3 heteroatoms. The van der Waals surface area contributed by atoms with Crippen molar-refractivity contribution in [2.24, 2.45) is 5.90 Å². The highest BCUT2D eigenvalue weighted by Gasteiger charge is 2.22. The lowest BCUT2D eigenvalue weighted by molar-refractivity contribution is 0.141. The standard InChI is InChI=1S/C11H15NOS/c12-13-8-7-9-1-3-10(4-2-9)14-11-5-6-11/h1-4,11H,5-8,12H2. The summed E-state index contributed by atoms with van der Waals surface area (Å²) in [6.45, 7) is 0.592. The van der Waals surface area contributed by atoms with Gasteiger partial charge in [0.15, 0.2) is 0 Å². The van der Waals surface area contributed by atoms with Gasteiger partial charge in [0.25, 0.3) is 0 Å². The zero-order chi connectivity index (χ0) is 9.80.